The highest BCUT2D eigenvalue weighted by Gasteiger charge is 2.25. The number of aliphatic imine (C=N–C) groups is 1. The molecule has 1 aliphatic heterocycles. The Morgan fingerprint density at radius 2 is 1.00 bits per heavy atom. The van der Waals surface area contributed by atoms with Gasteiger partial charge in [0.15, 0.2) is 0 Å². The van der Waals surface area contributed by atoms with Gasteiger partial charge in [-0.15, -0.1) is 11.3 Å². The van der Waals surface area contributed by atoms with Gasteiger partial charge in [0.2, 0.25) is 5.84 Å². The molecule has 0 saturated carbocycles. The third-order valence-corrected chi connectivity index (χ3v) is 11.4. The van der Waals surface area contributed by atoms with Crippen molar-refractivity contribution in [2.24, 2.45) is 4.99 Å². The number of nitrogens with two attached hydrogens (primary N) is 1. The predicted molar refractivity (Wildman–Crippen MR) is 217 cm³/mol. The van der Waals surface area contributed by atoms with Crippen LogP contribution >= 0.6 is 11.3 Å². The second kappa shape index (κ2) is 12.3. The molecule has 240 valence electrons. The van der Waals surface area contributed by atoms with Crippen molar-refractivity contribution in [3.8, 4) is 22.3 Å². The zero-order valence-corrected chi connectivity index (χ0v) is 28.6. The maximum atomic E-state index is 5.20. The lowest BCUT2D eigenvalue weighted by Crippen LogP contribution is -2.89. The topological polar surface area (TPSA) is 29.0 Å². The van der Waals surface area contributed by atoms with Gasteiger partial charge in [-0.3, -0.25) is 5.32 Å². The van der Waals surface area contributed by atoms with E-state index in [1.807, 2.05) is 11.3 Å². The number of nitrogens with zero attached hydrogens (tertiary/aromatic N) is 1. The summed E-state index contributed by atoms with van der Waals surface area (Å²) in [6.45, 7) is 0. The average molecular weight is 670 g/mol. The first-order chi connectivity index (χ1) is 25.3. The maximum absolute atomic E-state index is 5.20. The molecular formula is C48H33N2S+. The Morgan fingerprint density at radius 3 is 1.76 bits per heavy atom. The van der Waals surface area contributed by atoms with E-state index in [1.165, 1.54) is 69.5 Å². The van der Waals surface area contributed by atoms with Crippen molar-refractivity contribution in [3.05, 3.63) is 199 Å². The first-order valence-corrected chi connectivity index (χ1v) is 18.3. The summed E-state index contributed by atoms with van der Waals surface area (Å²) in [4.78, 5) is 5.20. The Morgan fingerprint density at radius 1 is 0.431 bits per heavy atom. The third kappa shape index (κ3) is 5.26. The summed E-state index contributed by atoms with van der Waals surface area (Å²) in [7, 11) is 0. The van der Waals surface area contributed by atoms with E-state index in [9.17, 15) is 0 Å². The molecule has 3 heteroatoms. The quantitative estimate of drug-likeness (QED) is 0.177. The third-order valence-electron chi connectivity index (χ3n) is 10.2. The zero-order chi connectivity index (χ0) is 33.7. The van der Waals surface area contributed by atoms with Crippen LogP contribution in [0.4, 0.5) is 0 Å². The van der Waals surface area contributed by atoms with Crippen molar-refractivity contribution < 1.29 is 5.32 Å². The number of amidine groups is 1. The lowest BCUT2D eigenvalue weighted by atomic mass is 9.95. The molecule has 8 aromatic carbocycles. The molecule has 9 aromatic rings. The van der Waals surface area contributed by atoms with Crippen LogP contribution in [0.15, 0.2) is 187 Å². The SMILES string of the molecule is C1=C(c2ccc(-c3ccccc3)cc2)N=C(c2ccccc2)[NH2+]C1c1cccc(-c2ccc3c(c2)sc2c4ccccc4c4ccccc4c32)c1. The van der Waals surface area contributed by atoms with E-state index in [1.54, 1.807) is 0 Å². The van der Waals surface area contributed by atoms with Gasteiger partial charge in [0.05, 0.1) is 11.3 Å². The molecule has 0 aliphatic carbocycles. The summed E-state index contributed by atoms with van der Waals surface area (Å²) in [5.41, 5.74) is 9.37. The molecule has 10 rings (SSSR count). The Bertz CT molecular complexity index is 2810. The fourth-order valence-electron chi connectivity index (χ4n) is 7.69. The number of benzene rings is 8. The zero-order valence-electron chi connectivity index (χ0n) is 27.8. The van der Waals surface area contributed by atoms with Crippen molar-refractivity contribution in [1.29, 1.82) is 0 Å². The minimum absolute atomic E-state index is 0.0761. The van der Waals surface area contributed by atoms with Crippen LogP contribution in [0, 0.1) is 0 Å². The monoisotopic (exact) mass is 669 g/mol. The van der Waals surface area contributed by atoms with Crippen LogP contribution in [0.25, 0.3) is 69.7 Å². The van der Waals surface area contributed by atoms with E-state index >= 15 is 0 Å². The smallest absolute Gasteiger partial charge is 0.232 e. The van der Waals surface area contributed by atoms with Crippen molar-refractivity contribution in [3.63, 3.8) is 0 Å². The van der Waals surface area contributed by atoms with Gasteiger partial charge in [0, 0.05) is 42.8 Å². The number of thiophene rings is 1. The molecule has 0 radical (unpaired) electrons. The van der Waals surface area contributed by atoms with Gasteiger partial charge in [0.25, 0.3) is 0 Å². The second-order valence-corrected chi connectivity index (χ2v) is 14.3. The summed E-state index contributed by atoms with van der Waals surface area (Å²) in [6, 6.07) is 63.7. The van der Waals surface area contributed by atoms with E-state index in [0.29, 0.717) is 0 Å². The molecule has 1 unspecified atom stereocenters. The van der Waals surface area contributed by atoms with Gasteiger partial charge in [-0.2, -0.15) is 4.99 Å². The lowest BCUT2D eigenvalue weighted by molar-refractivity contribution is -0.575. The Balaban J connectivity index is 1.05. The van der Waals surface area contributed by atoms with Crippen LogP contribution in [0.5, 0.6) is 0 Å². The van der Waals surface area contributed by atoms with E-state index in [2.05, 4.69) is 187 Å². The summed E-state index contributed by atoms with van der Waals surface area (Å²) in [5, 5.41) is 10.3. The molecule has 1 aromatic heterocycles. The molecule has 0 spiro atoms. The van der Waals surface area contributed by atoms with Crippen LogP contribution in [-0.4, -0.2) is 5.84 Å². The largest absolute Gasteiger partial charge is 0.287 e. The minimum atomic E-state index is 0.0761. The Labute approximate surface area is 300 Å². The molecule has 2 N–H and O–H groups in total. The first-order valence-electron chi connectivity index (χ1n) is 17.5. The number of rotatable bonds is 5. The molecule has 51 heavy (non-hydrogen) atoms. The fourth-order valence-corrected chi connectivity index (χ4v) is 8.99. The van der Waals surface area contributed by atoms with Gasteiger partial charge in [-0.1, -0.05) is 152 Å². The molecule has 1 atom stereocenters. The van der Waals surface area contributed by atoms with Crippen LogP contribution in [0.3, 0.4) is 0 Å². The molecule has 2 heterocycles. The number of quaternary nitrogens is 1. The van der Waals surface area contributed by atoms with Crippen molar-refractivity contribution in [2.45, 2.75) is 6.04 Å². The maximum Gasteiger partial charge on any atom is 0.232 e. The second-order valence-electron chi connectivity index (χ2n) is 13.3. The number of fused-ring (bicyclic) bond motifs is 8. The lowest BCUT2D eigenvalue weighted by Gasteiger charge is -2.20. The molecule has 0 saturated heterocycles. The summed E-state index contributed by atoms with van der Waals surface area (Å²) in [6.07, 6.45) is 2.31. The normalized spacial score (nSPS) is 14.6. The standard InChI is InChI=1S/C48H32N2S/c1-3-12-31(13-4-1)32-22-24-33(25-23-32)43-30-44(50-48(49-43)34-14-5-2-6-15-34)37-17-11-16-35(28-37)36-26-27-42-45(29-36)51-47-41-21-10-8-19-39(41)38-18-7-9-20-40(38)46(42)47/h1-30,44H,(H,49,50)/p+1. The van der Waals surface area contributed by atoms with Gasteiger partial charge < -0.3 is 0 Å². The molecule has 2 nitrogen and oxygen atoms in total. The van der Waals surface area contributed by atoms with Crippen molar-refractivity contribution >= 4 is 64.6 Å². The summed E-state index contributed by atoms with van der Waals surface area (Å²) < 4.78 is 2.68. The highest BCUT2D eigenvalue weighted by atomic mass is 32.1. The first kappa shape index (κ1) is 29.8. The van der Waals surface area contributed by atoms with Crippen molar-refractivity contribution in [2.75, 3.05) is 0 Å². The number of hydrogen-bond acceptors (Lipinski definition) is 2. The Hall–Kier alpha value is -6.13. The minimum Gasteiger partial charge on any atom is -0.287 e. The number of hydrogen-bond donors (Lipinski definition) is 1. The van der Waals surface area contributed by atoms with Crippen LogP contribution in [0.2, 0.25) is 0 Å². The molecular weight excluding hydrogens is 637 g/mol. The van der Waals surface area contributed by atoms with E-state index in [4.69, 9.17) is 4.99 Å². The van der Waals surface area contributed by atoms with Gasteiger partial charge in [-0.25, -0.2) is 0 Å². The van der Waals surface area contributed by atoms with Gasteiger partial charge >= 0.3 is 0 Å². The summed E-state index contributed by atoms with van der Waals surface area (Å²) >= 11 is 1.91. The van der Waals surface area contributed by atoms with Crippen LogP contribution in [0.1, 0.15) is 22.7 Å². The predicted octanol–water partition coefficient (Wildman–Crippen LogP) is 11.8. The highest BCUT2D eigenvalue weighted by Crippen LogP contribution is 2.44. The molecule has 1 aliphatic rings. The molecule has 0 fully saturated rings. The van der Waals surface area contributed by atoms with Gasteiger partial charge in [-0.05, 0) is 62.7 Å². The van der Waals surface area contributed by atoms with E-state index in [-0.39, 0.29) is 6.04 Å². The average Bonchev–Trinajstić information content (AvgIpc) is 3.61. The summed E-state index contributed by atoms with van der Waals surface area (Å²) in [5.74, 6) is 1.00. The van der Waals surface area contributed by atoms with Gasteiger partial charge in [0.1, 0.15) is 6.04 Å². The van der Waals surface area contributed by atoms with E-state index in [0.717, 1.165) is 22.7 Å². The van der Waals surface area contributed by atoms with Crippen LogP contribution in [-0.2, 0) is 0 Å². The van der Waals surface area contributed by atoms with E-state index < -0.39 is 0 Å². The fraction of sp³-hybridized carbons (Fsp3) is 0.0208. The molecule has 0 bridgehead atoms. The van der Waals surface area contributed by atoms with Crippen LogP contribution < -0.4 is 5.32 Å². The van der Waals surface area contributed by atoms with Crippen molar-refractivity contribution in [1.82, 2.24) is 0 Å². The highest BCUT2D eigenvalue weighted by molar-refractivity contribution is 7.27. The Kier molecular flexibility index (Phi) is 7.19. The molecule has 0 amide bonds.